The van der Waals surface area contributed by atoms with Gasteiger partial charge >= 0.3 is 0 Å². The van der Waals surface area contributed by atoms with Gasteiger partial charge in [-0.1, -0.05) is 11.3 Å². The van der Waals surface area contributed by atoms with E-state index < -0.39 is 0 Å². The van der Waals surface area contributed by atoms with E-state index in [-0.39, 0.29) is 15.4 Å². The molecule has 0 unspecified atom stereocenters. The fourth-order valence-corrected chi connectivity index (χ4v) is 1.50. The lowest BCUT2D eigenvalue weighted by molar-refractivity contribution is 0.0921. The molecule has 0 bridgehead atoms. The summed E-state index contributed by atoms with van der Waals surface area (Å²) in [6, 6.07) is 0. The first-order valence-electron chi connectivity index (χ1n) is 4.09. The highest BCUT2D eigenvalue weighted by molar-refractivity contribution is 7.17. The van der Waals surface area contributed by atoms with Crippen LogP contribution >= 0.6 is 22.9 Å². The molecule has 1 heterocycles. The molecule has 0 aliphatic heterocycles. The van der Waals surface area contributed by atoms with Gasteiger partial charge in [-0.25, -0.2) is 0 Å². The first-order valence-corrected chi connectivity index (χ1v) is 5.28. The summed E-state index contributed by atoms with van der Waals surface area (Å²) >= 11 is 6.58. The second-order valence-electron chi connectivity index (χ2n) is 2.31. The topological polar surface area (TPSA) is 64.1 Å². The van der Waals surface area contributed by atoms with E-state index in [2.05, 4.69) is 15.5 Å². The highest BCUT2D eigenvalue weighted by Crippen LogP contribution is 2.14. The van der Waals surface area contributed by atoms with Crippen molar-refractivity contribution in [1.29, 1.82) is 0 Å². The van der Waals surface area contributed by atoms with E-state index in [0.717, 1.165) is 11.3 Å². The molecule has 1 N–H and O–H groups in total. The molecule has 1 rings (SSSR count). The third-order valence-corrected chi connectivity index (χ3v) is 2.35. The molecule has 0 radical (unpaired) electrons. The van der Waals surface area contributed by atoms with E-state index in [4.69, 9.17) is 16.3 Å². The summed E-state index contributed by atoms with van der Waals surface area (Å²) in [5, 5.41) is 10.0. The molecule has 5 nitrogen and oxygen atoms in total. The van der Waals surface area contributed by atoms with Crippen molar-refractivity contribution >= 4 is 28.8 Å². The Kier molecular flexibility index (Phi) is 4.78. The van der Waals surface area contributed by atoms with E-state index >= 15 is 0 Å². The van der Waals surface area contributed by atoms with Gasteiger partial charge < -0.3 is 10.1 Å². The summed E-state index contributed by atoms with van der Waals surface area (Å²) < 4.78 is 5.32. The van der Waals surface area contributed by atoms with Crippen LogP contribution in [0.5, 0.6) is 0 Å². The van der Waals surface area contributed by atoms with Crippen molar-refractivity contribution in [1.82, 2.24) is 15.5 Å². The van der Waals surface area contributed by atoms with Gasteiger partial charge in [0.25, 0.3) is 5.91 Å². The molecule has 7 heteroatoms. The number of aromatic nitrogens is 2. The molecule has 0 saturated carbocycles. The lowest BCUT2D eigenvalue weighted by atomic mass is 10.6. The van der Waals surface area contributed by atoms with Gasteiger partial charge in [-0.3, -0.25) is 4.79 Å². The average molecular weight is 236 g/mol. The second-order valence-corrected chi connectivity index (χ2v) is 3.87. The summed E-state index contributed by atoms with van der Waals surface area (Å²) in [4.78, 5) is 11.3. The van der Waals surface area contributed by atoms with Crippen molar-refractivity contribution < 1.29 is 9.53 Å². The van der Waals surface area contributed by atoms with Gasteiger partial charge in [0.1, 0.15) is 0 Å². The number of nitrogens with zero attached hydrogens (tertiary/aromatic N) is 2. The molecule has 1 amide bonds. The standard InChI is InChI=1S/C7H10ClN3O2S/c1-2-13-4-3-9-5(12)6-10-11-7(8)14-6/h2-4H2,1H3,(H,9,12). The Hall–Kier alpha value is -0.720. The van der Waals surface area contributed by atoms with Gasteiger partial charge in [-0.05, 0) is 18.5 Å². The fraction of sp³-hybridized carbons (Fsp3) is 0.571. The Bertz CT molecular complexity index is 305. The number of rotatable bonds is 5. The molecule has 1 aromatic rings. The zero-order chi connectivity index (χ0) is 10.4. The van der Waals surface area contributed by atoms with Crippen molar-refractivity contribution in [3.05, 3.63) is 9.47 Å². The van der Waals surface area contributed by atoms with Gasteiger partial charge in [0.2, 0.25) is 9.47 Å². The first kappa shape index (κ1) is 11.4. The molecule has 0 atom stereocenters. The summed E-state index contributed by atoms with van der Waals surface area (Å²) in [6.45, 7) is 3.49. The summed E-state index contributed by atoms with van der Waals surface area (Å²) in [5.41, 5.74) is 0. The van der Waals surface area contributed by atoms with Crippen molar-refractivity contribution in [2.75, 3.05) is 19.8 Å². The summed E-state index contributed by atoms with van der Waals surface area (Å²) in [6.07, 6.45) is 0. The van der Waals surface area contributed by atoms with Crippen LogP contribution in [0, 0.1) is 0 Å². The minimum Gasteiger partial charge on any atom is -0.380 e. The zero-order valence-corrected chi connectivity index (χ0v) is 9.19. The molecule has 0 spiro atoms. The van der Waals surface area contributed by atoms with E-state index in [1.807, 2.05) is 6.92 Å². The van der Waals surface area contributed by atoms with Crippen LogP contribution in [0.15, 0.2) is 0 Å². The molecule has 0 saturated heterocycles. The van der Waals surface area contributed by atoms with Gasteiger partial charge in [0.05, 0.1) is 6.61 Å². The molecule has 14 heavy (non-hydrogen) atoms. The van der Waals surface area contributed by atoms with Crippen molar-refractivity contribution in [2.45, 2.75) is 6.92 Å². The van der Waals surface area contributed by atoms with Crippen LogP contribution in [0.2, 0.25) is 4.47 Å². The zero-order valence-electron chi connectivity index (χ0n) is 7.62. The van der Waals surface area contributed by atoms with E-state index in [1.54, 1.807) is 0 Å². The SMILES string of the molecule is CCOCCNC(=O)c1nnc(Cl)s1. The number of halogens is 1. The molecule has 78 valence electrons. The lowest BCUT2D eigenvalue weighted by Crippen LogP contribution is -2.27. The smallest absolute Gasteiger partial charge is 0.282 e. The Morgan fingerprint density at radius 1 is 1.64 bits per heavy atom. The highest BCUT2D eigenvalue weighted by atomic mass is 35.5. The molecular formula is C7H10ClN3O2S. The van der Waals surface area contributed by atoms with Crippen LogP contribution in [-0.4, -0.2) is 35.9 Å². The first-order chi connectivity index (χ1) is 6.74. The van der Waals surface area contributed by atoms with Gasteiger partial charge in [0.15, 0.2) is 0 Å². The maximum Gasteiger partial charge on any atom is 0.282 e. The minimum absolute atomic E-state index is 0.264. The van der Waals surface area contributed by atoms with Crippen LogP contribution < -0.4 is 5.32 Å². The van der Waals surface area contributed by atoms with Crippen molar-refractivity contribution in [3.63, 3.8) is 0 Å². The Morgan fingerprint density at radius 2 is 2.43 bits per heavy atom. The van der Waals surface area contributed by atoms with Crippen LogP contribution in [0.4, 0.5) is 0 Å². The lowest BCUT2D eigenvalue weighted by Gasteiger charge is -2.01. The van der Waals surface area contributed by atoms with E-state index in [1.165, 1.54) is 0 Å². The number of hydrogen-bond donors (Lipinski definition) is 1. The number of amides is 1. The van der Waals surface area contributed by atoms with Crippen LogP contribution in [0.25, 0.3) is 0 Å². The van der Waals surface area contributed by atoms with E-state index in [0.29, 0.717) is 19.8 Å². The Morgan fingerprint density at radius 3 is 3.00 bits per heavy atom. The number of hydrogen-bond acceptors (Lipinski definition) is 5. The molecule has 0 aliphatic rings. The Balaban J connectivity index is 2.29. The predicted octanol–water partition coefficient (Wildman–Crippen LogP) is 0.958. The fourth-order valence-electron chi connectivity index (χ4n) is 0.754. The molecule has 1 aromatic heterocycles. The summed E-state index contributed by atoms with van der Waals surface area (Å²) in [7, 11) is 0. The third kappa shape index (κ3) is 3.57. The van der Waals surface area contributed by atoms with Crippen LogP contribution in [-0.2, 0) is 4.74 Å². The van der Waals surface area contributed by atoms with E-state index in [9.17, 15) is 4.79 Å². The van der Waals surface area contributed by atoms with Gasteiger partial charge in [-0.2, -0.15) is 0 Å². The van der Waals surface area contributed by atoms with Gasteiger partial charge in [-0.15, -0.1) is 10.2 Å². The van der Waals surface area contributed by atoms with Crippen molar-refractivity contribution in [2.24, 2.45) is 0 Å². The van der Waals surface area contributed by atoms with Crippen LogP contribution in [0.1, 0.15) is 16.7 Å². The molecule has 0 aliphatic carbocycles. The van der Waals surface area contributed by atoms with Crippen LogP contribution in [0.3, 0.4) is 0 Å². The number of nitrogens with one attached hydrogen (secondary N) is 1. The number of carbonyl (C=O) groups is 1. The maximum atomic E-state index is 11.3. The average Bonchev–Trinajstić information content (AvgIpc) is 2.59. The molecular weight excluding hydrogens is 226 g/mol. The normalized spacial score (nSPS) is 10.1. The quantitative estimate of drug-likeness (QED) is 0.772. The predicted molar refractivity (Wildman–Crippen MR) is 53.7 cm³/mol. The number of ether oxygens (including phenoxy) is 1. The highest BCUT2D eigenvalue weighted by Gasteiger charge is 2.10. The van der Waals surface area contributed by atoms with Gasteiger partial charge in [0, 0.05) is 13.2 Å². The molecule has 0 aromatic carbocycles. The third-order valence-electron chi connectivity index (χ3n) is 1.33. The molecule has 0 fully saturated rings. The Labute approximate surface area is 90.4 Å². The maximum absolute atomic E-state index is 11.3. The monoisotopic (exact) mass is 235 g/mol. The second kappa shape index (κ2) is 5.90. The summed E-state index contributed by atoms with van der Waals surface area (Å²) in [5.74, 6) is -0.269. The largest absolute Gasteiger partial charge is 0.380 e. The van der Waals surface area contributed by atoms with Crippen molar-refractivity contribution in [3.8, 4) is 0 Å². The minimum atomic E-state index is -0.269. The number of carbonyl (C=O) groups excluding carboxylic acids is 1.